The van der Waals surface area contributed by atoms with E-state index < -0.39 is 0 Å². The van der Waals surface area contributed by atoms with E-state index in [-0.39, 0.29) is 0 Å². The molecule has 4 heteroatoms. The summed E-state index contributed by atoms with van der Waals surface area (Å²) in [7, 11) is 1.70. The lowest BCUT2D eigenvalue weighted by Gasteiger charge is -2.18. The molecule has 3 rings (SSSR count). The smallest absolute Gasteiger partial charge is 0.132 e. The maximum atomic E-state index is 5.25. The third kappa shape index (κ3) is 3.32. The highest BCUT2D eigenvalue weighted by Gasteiger charge is 2.14. The molecule has 1 heterocycles. The predicted octanol–water partition coefficient (Wildman–Crippen LogP) is 3.02. The maximum Gasteiger partial charge on any atom is 0.132 e. The first-order chi connectivity index (χ1) is 10.4. The molecule has 1 aliphatic carbocycles. The van der Waals surface area contributed by atoms with Gasteiger partial charge in [0.2, 0.25) is 0 Å². The van der Waals surface area contributed by atoms with E-state index >= 15 is 0 Å². The van der Waals surface area contributed by atoms with Crippen LogP contribution in [0.5, 0.6) is 5.75 Å². The van der Waals surface area contributed by atoms with Gasteiger partial charge in [-0.15, -0.1) is 0 Å². The van der Waals surface area contributed by atoms with Gasteiger partial charge in [-0.1, -0.05) is 12.1 Å². The SMILES string of the molecule is COc1cccc(CCNc2ncnc3c2CCCC3)c1. The number of methoxy groups -OCH3 is 1. The average Bonchev–Trinajstić information content (AvgIpc) is 2.55. The molecule has 0 saturated heterocycles. The van der Waals surface area contributed by atoms with Gasteiger partial charge in [-0.25, -0.2) is 9.97 Å². The van der Waals surface area contributed by atoms with Crippen molar-refractivity contribution in [1.29, 1.82) is 0 Å². The predicted molar refractivity (Wildman–Crippen MR) is 83.9 cm³/mol. The standard InChI is InChI=1S/C17H21N3O/c1-21-14-6-4-5-13(11-14)9-10-18-17-15-7-2-3-8-16(15)19-12-20-17/h4-6,11-12H,2-3,7-10H2,1H3,(H,18,19,20). The first-order valence-electron chi connectivity index (χ1n) is 7.56. The molecule has 0 bridgehead atoms. The number of hydrogen-bond donors (Lipinski definition) is 1. The molecule has 0 atom stereocenters. The highest BCUT2D eigenvalue weighted by Crippen LogP contribution is 2.24. The molecular formula is C17H21N3O. The summed E-state index contributed by atoms with van der Waals surface area (Å²) < 4.78 is 5.25. The Bertz CT molecular complexity index is 613. The van der Waals surface area contributed by atoms with Gasteiger partial charge < -0.3 is 10.1 Å². The Morgan fingerprint density at radius 2 is 2.10 bits per heavy atom. The summed E-state index contributed by atoms with van der Waals surface area (Å²) in [6, 6.07) is 8.20. The first kappa shape index (κ1) is 13.9. The van der Waals surface area contributed by atoms with Crippen LogP contribution >= 0.6 is 0 Å². The van der Waals surface area contributed by atoms with Crippen molar-refractivity contribution in [3.8, 4) is 5.75 Å². The zero-order valence-corrected chi connectivity index (χ0v) is 12.4. The molecule has 0 unspecified atom stereocenters. The molecule has 110 valence electrons. The summed E-state index contributed by atoms with van der Waals surface area (Å²) in [4.78, 5) is 8.81. The normalized spacial score (nSPS) is 13.6. The number of fused-ring (bicyclic) bond motifs is 1. The molecule has 2 aromatic rings. The van der Waals surface area contributed by atoms with E-state index in [0.717, 1.165) is 37.4 Å². The molecule has 0 fully saturated rings. The Labute approximate surface area is 125 Å². The third-order valence-electron chi connectivity index (χ3n) is 3.97. The van der Waals surface area contributed by atoms with Gasteiger partial charge >= 0.3 is 0 Å². The molecule has 21 heavy (non-hydrogen) atoms. The summed E-state index contributed by atoms with van der Waals surface area (Å²) >= 11 is 0. The summed E-state index contributed by atoms with van der Waals surface area (Å²) in [6.45, 7) is 0.872. The summed E-state index contributed by atoms with van der Waals surface area (Å²) in [5, 5.41) is 3.47. The van der Waals surface area contributed by atoms with Crippen molar-refractivity contribution < 1.29 is 4.74 Å². The number of ether oxygens (including phenoxy) is 1. The van der Waals surface area contributed by atoms with E-state index in [1.54, 1.807) is 13.4 Å². The van der Waals surface area contributed by atoms with Crippen molar-refractivity contribution in [1.82, 2.24) is 9.97 Å². The van der Waals surface area contributed by atoms with Crippen molar-refractivity contribution >= 4 is 5.82 Å². The molecule has 1 aromatic heterocycles. The fraction of sp³-hybridized carbons (Fsp3) is 0.412. The van der Waals surface area contributed by atoms with Gasteiger partial charge in [0.05, 0.1) is 7.11 Å². The number of nitrogens with one attached hydrogen (secondary N) is 1. The van der Waals surface area contributed by atoms with Crippen LogP contribution in [0.3, 0.4) is 0 Å². The Kier molecular flexibility index (Phi) is 4.34. The van der Waals surface area contributed by atoms with E-state index in [2.05, 4.69) is 27.4 Å². The van der Waals surface area contributed by atoms with Crippen LogP contribution in [-0.2, 0) is 19.3 Å². The Balaban J connectivity index is 1.63. The van der Waals surface area contributed by atoms with Gasteiger partial charge in [0.1, 0.15) is 17.9 Å². The van der Waals surface area contributed by atoms with Crippen molar-refractivity contribution in [2.45, 2.75) is 32.1 Å². The summed E-state index contributed by atoms with van der Waals surface area (Å²) in [5.41, 5.74) is 3.80. The number of anilines is 1. The summed E-state index contributed by atoms with van der Waals surface area (Å²) in [6.07, 6.45) is 7.30. The fourth-order valence-electron chi connectivity index (χ4n) is 2.83. The van der Waals surface area contributed by atoms with Crippen LogP contribution in [0.15, 0.2) is 30.6 Å². The maximum absolute atomic E-state index is 5.25. The van der Waals surface area contributed by atoms with Crippen LogP contribution in [0.2, 0.25) is 0 Å². The molecule has 0 radical (unpaired) electrons. The molecule has 0 saturated carbocycles. The second-order valence-corrected chi connectivity index (χ2v) is 5.38. The van der Waals surface area contributed by atoms with Crippen LogP contribution in [0.25, 0.3) is 0 Å². The lowest BCUT2D eigenvalue weighted by Crippen LogP contribution is -2.13. The molecule has 1 aromatic carbocycles. The van der Waals surface area contributed by atoms with Gasteiger partial charge in [0, 0.05) is 17.8 Å². The van der Waals surface area contributed by atoms with E-state index in [0.29, 0.717) is 0 Å². The number of aryl methyl sites for hydroxylation is 1. The number of nitrogens with zero attached hydrogens (tertiary/aromatic N) is 2. The zero-order valence-electron chi connectivity index (χ0n) is 12.4. The topological polar surface area (TPSA) is 47.0 Å². The number of hydrogen-bond acceptors (Lipinski definition) is 4. The van der Waals surface area contributed by atoms with Crippen molar-refractivity contribution in [3.63, 3.8) is 0 Å². The number of benzene rings is 1. The molecule has 0 aliphatic heterocycles. The number of rotatable bonds is 5. The zero-order chi connectivity index (χ0) is 14.5. The number of aromatic nitrogens is 2. The van der Waals surface area contributed by atoms with Crippen molar-refractivity contribution in [3.05, 3.63) is 47.4 Å². The quantitative estimate of drug-likeness (QED) is 0.916. The molecule has 1 N–H and O–H groups in total. The monoisotopic (exact) mass is 283 g/mol. The van der Waals surface area contributed by atoms with E-state index in [1.807, 2.05) is 12.1 Å². The van der Waals surface area contributed by atoms with E-state index in [4.69, 9.17) is 4.74 Å². The van der Waals surface area contributed by atoms with E-state index in [9.17, 15) is 0 Å². The molecule has 1 aliphatic rings. The first-order valence-corrected chi connectivity index (χ1v) is 7.56. The van der Waals surface area contributed by atoms with Crippen LogP contribution in [0.4, 0.5) is 5.82 Å². The molecule has 0 amide bonds. The highest BCUT2D eigenvalue weighted by molar-refractivity contribution is 5.47. The highest BCUT2D eigenvalue weighted by atomic mass is 16.5. The second-order valence-electron chi connectivity index (χ2n) is 5.38. The molecule has 4 nitrogen and oxygen atoms in total. The third-order valence-corrected chi connectivity index (χ3v) is 3.97. The van der Waals surface area contributed by atoms with Gasteiger partial charge in [0.15, 0.2) is 0 Å². The van der Waals surface area contributed by atoms with Crippen molar-refractivity contribution in [2.24, 2.45) is 0 Å². The minimum Gasteiger partial charge on any atom is -0.497 e. The lowest BCUT2D eigenvalue weighted by atomic mass is 9.96. The van der Waals surface area contributed by atoms with Gasteiger partial charge in [-0.2, -0.15) is 0 Å². The van der Waals surface area contributed by atoms with Gasteiger partial charge in [-0.05, 0) is 49.8 Å². The molecular weight excluding hydrogens is 262 g/mol. The van der Waals surface area contributed by atoms with Crippen LogP contribution in [0, 0.1) is 0 Å². The van der Waals surface area contributed by atoms with Crippen LogP contribution < -0.4 is 10.1 Å². The van der Waals surface area contributed by atoms with E-state index in [1.165, 1.54) is 29.7 Å². The minimum absolute atomic E-state index is 0.872. The average molecular weight is 283 g/mol. The minimum atomic E-state index is 0.872. The largest absolute Gasteiger partial charge is 0.497 e. The Hall–Kier alpha value is -2.10. The Morgan fingerprint density at radius 1 is 1.19 bits per heavy atom. The van der Waals surface area contributed by atoms with Gasteiger partial charge in [0.25, 0.3) is 0 Å². The fourth-order valence-corrected chi connectivity index (χ4v) is 2.83. The second kappa shape index (κ2) is 6.57. The van der Waals surface area contributed by atoms with Crippen LogP contribution in [-0.4, -0.2) is 23.6 Å². The molecule has 0 spiro atoms. The van der Waals surface area contributed by atoms with Crippen LogP contribution in [0.1, 0.15) is 29.7 Å². The summed E-state index contributed by atoms with van der Waals surface area (Å²) in [5.74, 6) is 1.93. The lowest BCUT2D eigenvalue weighted by molar-refractivity contribution is 0.414. The van der Waals surface area contributed by atoms with Crippen molar-refractivity contribution in [2.75, 3.05) is 19.0 Å². The van der Waals surface area contributed by atoms with Gasteiger partial charge in [-0.3, -0.25) is 0 Å². The Morgan fingerprint density at radius 3 is 3.00 bits per heavy atom.